The van der Waals surface area contributed by atoms with Crippen LogP contribution in [-0.4, -0.2) is 10.2 Å². The first-order valence-electron chi connectivity index (χ1n) is 6.09. The smallest absolute Gasteiger partial charge is 0.0674 e. The molecular weight excluding hydrogens is 210 g/mol. The van der Waals surface area contributed by atoms with Crippen LogP contribution in [0.15, 0.2) is 12.3 Å². The first kappa shape index (κ1) is 10.6. The summed E-state index contributed by atoms with van der Waals surface area (Å²) in [5, 5.41) is 8.17. The largest absolute Gasteiger partial charge is 0.398 e. The summed E-state index contributed by atoms with van der Waals surface area (Å²) in [5.74, 6) is 0. The fraction of sp³-hybridized carbons (Fsp3) is 0.500. The quantitative estimate of drug-likeness (QED) is 0.682. The van der Waals surface area contributed by atoms with Crippen LogP contribution in [0.5, 0.6) is 0 Å². The summed E-state index contributed by atoms with van der Waals surface area (Å²) >= 11 is 0. The summed E-state index contributed by atoms with van der Waals surface area (Å²) in [7, 11) is 0. The van der Waals surface area contributed by atoms with E-state index in [1.807, 2.05) is 6.20 Å². The second-order valence-corrected chi connectivity index (χ2v) is 6.49. The number of fused-ring (bicyclic) bond motifs is 2. The maximum Gasteiger partial charge on any atom is 0.0674 e. The molecule has 0 fully saturated rings. The molecule has 3 N–H and O–H groups in total. The number of H-pyrrole nitrogens is 1. The van der Waals surface area contributed by atoms with Crippen molar-refractivity contribution in [2.75, 3.05) is 5.73 Å². The predicted octanol–water partition coefficient (Wildman–Crippen LogP) is 3.10. The number of nitrogens with one attached hydrogen (secondary N) is 1. The molecule has 0 saturated heterocycles. The minimum atomic E-state index is 0.147. The van der Waals surface area contributed by atoms with Crippen LogP contribution in [0.2, 0.25) is 0 Å². The Balaban J connectivity index is 2.45. The predicted molar refractivity (Wildman–Crippen MR) is 71.2 cm³/mol. The van der Waals surface area contributed by atoms with Crippen molar-refractivity contribution in [3.63, 3.8) is 0 Å². The van der Waals surface area contributed by atoms with Gasteiger partial charge in [0.2, 0.25) is 0 Å². The molecule has 0 spiro atoms. The molecule has 3 heteroatoms. The molecule has 2 aromatic rings. The monoisotopic (exact) mass is 229 g/mol. The number of nitrogens with two attached hydrogens (primary N) is 1. The Kier molecular flexibility index (Phi) is 1.77. The van der Waals surface area contributed by atoms with Crippen LogP contribution in [0, 0.1) is 0 Å². The maximum atomic E-state index is 6.35. The summed E-state index contributed by atoms with van der Waals surface area (Å²) in [6.07, 6.45) is 2.96. The maximum absolute atomic E-state index is 6.35. The van der Waals surface area contributed by atoms with Gasteiger partial charge in [-0.3, -0.25) is 5.10 Å². The normalized spacial score (nSPS) is 20.7. The van der Waals surface area contributed by atoms with Crippen LogP contribution in [0.1, 0.15) is 45.2 Å². The molecule has 0 amide bonds. The summed E-state index contributed by atoms with van der Waals surface area (Å²) < 4.78 is 0. The Morgan fingerprint density at radius 3 is 2.65 bits per heavy atom. The lowest BCUT2D eigenvalue weighted by Gasteiger charge is -2.23. The van der Waals surface area contributed by atoms with Gasteiger partial charge < -0.3 is 5.73 Å². The average molecular weight is 229 g/mol. The van der Waals surface area contributed by atoms with Crippen LogP contribution in [0.25, 0.3) is 10.9 Å². The Bertz CT molecular complexity index is 605. The van der Waals surface area contributed by atoms with E-state index in [1.165, 1.54) is 11.1 Å². The van der Waals surface area contributed by atoms with E-state index in [4.69, 9.17) is 5.73 Å². The van der Waals surface area contributed by atoms with Gasteiger partial charge in [-0.25, -0.2) is 0 Å². The van der Waals surface area contributed by atoms with Crippen molar-refractivity contribution in [3.8, 4) is 0 Å². The highest BCUT2D eigenvalue weighted by atomic mass is 15.1. The van der Waals surface area contributed by atoms with Crippen molar-refractivity contribution in [1.29, 1.82) is 0 Å². The second-order valence-electron chi connectivity index (χ2n) is 6.49. The van der Waals surface area contributed by atoms with Gasteiger partial charge in [-0.1, -0.05) is 27.7 Å². The van der Waals surface area contributed by atoms with Gasteiger partial charge in [0.05, 0.1) is 11.7 Å². The van der Waals surface area contributed by atoms with Crippen LogP contribution >= 0.6 is 0 Å². The third-order valence-corrected chi connectivity index (χ3v) is 4.08. The first-order chi connectivity index (χ1) is 7.83. The zero-order valence-electron chi connectivity index (χ0n) is 10.9. The molecule has 0 unspecified atom stereocenters. The third-order valence-electron chi connectivity index (χ3n) is 4.08. The number of nitrogen functional groups attached to an aromatic ring is 1. The molecule has 1 aromatic heterocycles. The summed E-state index contributed by atoms with van der Waals surface area (Å²) in [6.45, 7) is 9.15. The zero-order chi connectivity index (χ0) is 12.4. The van der Waals surface area contributed by atoms with Gasteiger partial charge in [0.25, 0.3) is 0 Å². The molecule has 0 bridgehead atoms. The minimum absolute atomic E-state index is 0.147. The van der Waals surface area contributed by atoms with E-state index >= 15 is 0 Å². The van der Waals surface area contributed by atoms with E-state index in [-0.39, 0.29) is 10.8 Å². The van der Waals surface area contributed by atoms with Gasteiger partial charge in [-0.05, 0) is 34.4 Å². The van der Waals surface area contributed by atoms with Gasteiger partial charge in [-0.2, -0.15) is 5.10 Å². The van der Waals surface area contributed by atoms with Crippen molar-refractivity contribution in [2.45, 2.75) is 44.9 Å². The Hall–Kier alpha value is -1.51. The summed E-state index contributed by atoms with van der Waals surface area (Å²) in [5.41, 5.74) is 11.3. The standard InChI is InChI=1S/C14H19N3/c1-13(2)7-14(3,4)11-9(13)5-10-8(12(11)15)6-16-17-10/h5-6H,7,15H2,1-4H3,(H,16,17). The Labute approximate surface area is 101 Å². The second kappa shape index (κ2) is 2.84. The SMILES string of the molecule is CC1(C)CC(C)(C)c2c1cc1[nH]ncc1c2N. The molecule has 3 rings (SSSR count). The number of hydrogen-bond acceptors (Lipinski definition) is 2. The average Bonchev–Trinajstić information content (AvgIpc) is 2.68. The topological polar surface area (TPSA) is 54.7 Å². The van der Waals surface area contributed by atoms with Gasteiger partial charge in [0, 0.05) is 11.1 Å². The van der Waals surface area contributed by atoms with Crippen molar-refractivity contribution in [2.24, 2.45) is 0 Å². The number of anilines is 1. The summed E-state index contributed by atoms with van der Waals surface area (Å²) in [6, 6.07) is 2.22. The molecule has 1 aliphatic carbocycles. The fourth-order valence-corrected chi connectivity index (χ4v) is 3.67. The molecule has 1 aromatic carbocycles. The Morgan fingerprint density at radius 2 is 1.94 bits per heavy atom. The number of nitrogens with zero attached hydrogens (tertiary/aromatic N) is 1. The Morgan fingerprint density at radius 1 is 1.24 bits per heavy atom. The van der Waals surface area contributed by atoms with Gasteiger partial charge in [-0.15, -0.1) is 0 Å². The van der Waals surface area contributed by atoms with Crippen LogP contribution in [0.4, 0.5) is 5.69 Å². The molecule has 0 atom stereocenters. The van der Waals surface area contributed by atoms with E-state index < -0.39 is 0 Å². The van der Waals surface area contributed by atoms with Crippen LogP contribution in [-0.2, 0) is 10.8 Å². The number of aromatic amines is 1. The fourth-order valence-electron chi connectivity index (χ4n) is 3.67. The van der Waals surface area contributed by atoms with Crippen molar-refractivity contribution in [1.82, 2.24) is 10.2 Å². The van der Waals surface area contributed by atoms with Crippen LogP contribution in [0.3, 0.4) is 0 Å². The molecule has 17 heavy (non-hydrogen) atoms. The first-order valence-corrected chi connectivity index (χ1v) is 6.09. The number of aromatic nitrogens is 2. The van der Waals surface area contributed by atoms with Crippen molar-refractivity contribution < 1.29 is 0 Å². The van der Waals surface area contributed by atoms with Gasteiger partial charge in [0.1, 0.15) is 0 Å². The molecular formula is C14H19N3. The molecule has 3 nitrogen and oxygen atoms in total. The lowest BCUT2D eigenvalue weighted by molar-refractivity contribution is 0.403. The summed E-state index contributed by atoms with van der Waals surface area (Å²) in [4.78, 5) is 0. The molecule has 1 aliphatic rings. The van der Waals surface area contributed by atoms with Gasteiger partial charge in [0.15, 0.2) is 0 Å². The highest BCUT2D eigenvalue weighted by Gasteiger charge is 2.43. The number of hydrogen-bond donors (Lipinski definition) is 2. The van der Waals surface area contributed by atoms with Crippen molar-refractivity contribution >= 4 is 16.6 Å². The zero-order valence-corrected chi connectivity index (χ0v) is 10.9. The van der Waals surface area contributed by atoms with Crippen molar-refractivity contribution in [3.05, 3.63) is 23.4 Å². The molecule has 0 saturated carbocycles. The van der Waals surface area contributed by atoms with E-state index in [2.05, 4.69) is 44.0 Å². The van der Waals surface area contributed by atoms with Crippen LogP contribution < -0.4 is 5.73 Å². The minimum Gasteiger partial charge on any atom is -0.398 e. The number of benzene rings is 1. The molecule has 90 valence electrons. The third kappa shape index (κ3) is 1.25. The molecule has 1 heterocycles. The van der Waals surface area contributed by atoms with Gasteiger partial charge >= 0.3 is 0 Å². The molecule has 0 radical (unpaired) electrons. The number of rotatable bonds is 0. The van der Waals surface area contributed by atoms with E-state index in [1.54, 1.807) is 0 Å². The van der Waals surface area contributed by atoms with E-state index in [9.17, 15) is 0 Å². The lowest BCUT2D eigenvalue weighted by atomic mass is 9.81. The highest BCUT2D eigenvalue weighted by molar-refractivity contribution is 5.94. The highest BCUT2D eigenvalue weighted by Crippen LogP contribution is 2.52. The lowest BCUT2D eigenvalue weighted by Crippen LogP contribution is -2.18. The van der Waals surface area contributed by atoms with E-state index in [0.29, 0.717) is 0 Å². The molecule has 0 aliphatic heterocycles. The van der Waals surface area contributed by atoms with E-state index in [0.717, 1.165) is 23.0 Å².